The molecule has 1 unspecified atom stereocenters. The van der Waals surface area contributed by atoms with Gasteiger partial charge in [-0.3, -0.25) is 0 Å². The molecule has 0 aromatic heterocycles. The summed E-state index contributed by atoms with van der Waals surface area (Å²) in [6, 6.07) is 0. The van der Waals surface area contributed by atoms with Crippen LogP contribution >= 0.6 is 0 Å². The topological polar surface area (TPSA) is 15.3 Å². The van der Waals surface area contributed by atoms with Crippen molar-refractivity contribution in [1.82, 2.24) is 10.2 Å². The van der Waals surface area contributed by atoms with E-state index in [2.05, 4.69) is 17.1 Å². The first-order chi connectivity index (χ1) is 6.85. The summed E-state index contributed by atoms with van der Waals surface area (Å²) in [5.74, 6) is 0. The Bertz CT molecular complexity index is 167. The van der Waals surface area contributed by atoms with E-state index in [1.54, 1.807) is 0 Å². The molecular formula is C12H24N2. The van der Waals surface area contributed by atoms with E-state index < -0.39 is 0 Å². The van der Waals surface area contributed by atoms with E-state index >= 15 is 0 Å². The lowest BCUT2D eigenvalue weighted by Gasteiger charge is -2.36. The molecule has 0 aromatic rings. The summed E-state index contributed by atoms with van der Waals surface area (Å²) in [4.78, 5) is 2.69. The van der Waals surface area contributed by atoms with Gasteiger partial charge in [-0.15, -0.1) is 0 Å². The maximum atomic E-state index is 3.53. The van der Waals surface area contributed by atoms with Crippen LogP contribution in [-0.4, -0.2) is 37.6 Å². The SMILES string of the molecule is CCC1(CN2CCCCC2)CCNC1. The van der Waals surface area contributed by atoms with Crippen LogP contribution in [0.1, 0.15) is 39.0 Å². The second-order valence-corrected chi connectivity index (χ2v) is 5.12. The summed E-state index contributed by atoms with van der Waals surface area (Å²) in [5, 5.41) is 3.53. The van der Waals surface area contributed by atoms with Gasteiger partial charge in [-0.1, -0.05) is 13.3 Å². The minimum absolute atomic E-state index is 0.608. The van der Waals surface area contributed by atoms with Gasteiger partial charge in [0.05, 0.1) is 0 Å². The van der Waals surface area contributed by atoms with Gasteiger partial charge >= 0.3 is 0 Å². The Labute approximate surface area is 88.1 Å². The molecule has 2 fully saturated rings. The molecule has 0 aromatic carbocycles. The van der Waals surface area contributed by atoms with Crippen LogP contribution in [0.2, 0.25) is 0 Å². The van der Waals surface area contributed by atoms with Crippen LogP contribution in [0.5, 0.6) is 0 Å². The zero-order valence-electron chi connectivity index (χ0n) is 9.52. The lowest BCUT2D eigenvalue weighted by atomic mass is 9.83. The van der Waals surface area contributed by atoms with Crippen molar-refractivity contribution in [2.24, 2.45) is 5.41 Å². The molecule has 0 amide bonds. The van der Waals surface area contributed by atoms with Gasteiger partial charge in [0, 0.05) is 13.1 Å². The van der Waals surface area contributed by atoms with Gasteiger partial charge in [-0.25, -0.2) is 0 Å². The third kappa shape index (κ3) is 2.29. The Balaban J connectivity index is 1.86. The predicted molar refractivity (Wildman–Crippen MR) is 60.5 cm³/mol. The van der Waals surface area contributed by atoms with Crippen LogP contribution in [-0.2, 0) is 0 Å². The maximum absolute atomic E-state index is 3.53. The zero-order chi connectivity index (χ0) is 9.86. The number of likely N-dealkylation sites (tertiary alicyclic amines) is 1. The fourth-order valence-electron chi connectivity index (χ4n) is 2.94. The van der Waals surface area contributed by atoms with Crippen LogP contribution in [0.15, 0.2) is 0 Å². The minimum atomic E-state index is 0.608. The van der Waals surface area contributed by atoms with E-state index in [9.17, 15) is 0 Å². The van der Waals surface area contributed by atoms with Gasteiger partial charge in [0.1, 0.15) is 0 Å². The number of hydrogen-bond donors (Lipinski definition) is 1. The van der Waals surface area contributed by atoms with Crippen LogP contribution < -0.4 is 5.32 Å². The lowest BCUT2D eigenvalue weighted by molar-refractivity contribution is 0.137. The first-order valence-corrected chi connectivity index (χ1v) is 6.28. The highest BCUT2D eigenvalue weighted by atomic mass is 15.1. The molecule has 0 bridgehead atoms. The molecule has 2 rings (SSSR count). The molecule has 2 aliphatic heterocycles. The second kappa shape index (κ2) is 4.63. The Morgan fingerprint density at radius 3 is 2.57 bits per heavy atom. The third-order valence-corrected chi connectivity index (χ3v) is 4.09. The van der Waals surface area contributed by atoms with Crippen molar-refractivity contribution >= 4 is 0 Å². The van der Waals surface area contributed by atoms with E-state index in [0.717, 1.165) is 0 Å². The van der Waals surface area contributed by atoms with E-state index in [1.807, 2.05) is 0 Å². The molecule has 2 aliphatic rings. The molecule has 0 aliphatic carbocycles. The Hall–Kier alpha value is -0.0800. The number of piperidine rings is 1. The molecule has 82 valence electrons. The van der Waals surface area contributed by atoms with Crippen molar-refractivity contribution in [3.63, 3.8) is 0 Å². The highest BCUT2D eigenvalue weighted by Crippen LogP contribution is 2.31. The van der Waals surface area contributed by atoms with E-state index in [1.165, 1.54) is 64.8 Å². The van der Waals surface area contributed by atoms with Crippen molar-refractivity contribution in [2.75, 3.05) is 32.7 Å². The first-order valence-electron chi connectivity index (χ1n) is 6.28. The van der Waals surface area contributed by atoms with Crippen LogP contribution in [0.25, 0.3) is 0 Å². The Morgan fingerprint density at radius 1 is 1.21 bits per heavy atom. The first kappa shape index (κ1) is 10.4. The van der Waals surface area contributed by atoms with Crippen molar-refractivity contribution in [3.8, 4) is 0 Å². The third-order valence-electron chi connectivity index (χ3n) is 4.09. The van der Waals surface area contributed by atoms with Crippen LogP contribution in [0.4, 0.5) is 0 Å². The van der Waals surface area contributed by atoms with Crippen LogP contribution in [0.3, 0.4) is 0 Å². The van der Waals surface area contributed by atoms with Crippen LogP contribution in [0, 0.1) is 5.41 Å². The Morgan fingerprint density at radius 2 is 2.00 bits per heavy atom. The van der Waals surface area contributed by atoms with Crippen molar-refractivity contribution < 1.29 is 0 Å². The average Bonchev–Trinajstić information content (AvgIpc) is 2.69. The second-order valence-electron chi connectivity index (χ2n) is 5.12. The highest BCUT2D eigenvalue weighted by molar-refractivity contribution is 4.89. The van der Waals surface area contributed by atoms with Crippen molar-refractivity contribution in [1.29, 1.82) is 0 Å². The number of rotatable bonds is 3. The monoisotopic (exact) mass is 196 g/mol. The fourth-order valence-corrected chi connectivity index (χ4v) is 2.94. The van der Waals surface area contributed by atoms with E-state index in [0.29, 0.717) is 5.41 Å². The van der Waals surface area contributed by atoms with Crippen molar-refractivity contribution in [2.45, 2.75) is 39.0 Å². The summed E-state index contributed by atoms with van der Waals surface area (Å²) in [6.45, 7) is 8.89. The number of nitrogens with zero attached hydrogens (tertiary/aromatic N) is 1. The zero-order valence-corrected chi connectivity index (χ0v) is 9.52. The summed E-state index contributed by atoms with van der Waals surface area (Å²) < 4.78 is 0. The molecular weight excluding hydrogens is 172 g/mol. The summed E-state index contributed by atoms with van der Waals surface area (Å²) >= 11 is 0. The van der Waals surface area contributed by atoms with Gasteiger partial charge in [0.25, 0.3) is 0 Å². The summed E-state index contributed by atoms with van der Waals surface area (Å²) in [5.41, 5.74) is 0.608. The summed E-state index contributed by atoms with van der Waals surface area (Å²) in [7, 11) is 0. The smallest absolute Gasteiger partial charge is 0.00505 e. The molecule has 0 radical (unpaired) electrons. The van der Waals surface area contributed by atoms with Gasteiger partial charge in [0.2, 0.25) is 0 Å². The molecule has 2 nitrogen and oxygen atoms in total. The number of hydrogen-bond acceptors (Lipinski definition) is 2. The molecule has 1 N–H and O–H groups in total. The number of nitrogens with one attached hydrogen (secondary N) is 1. The molecule has 0 spiro atoms. The highest BCUT2D eigenvalue weighted by Gasteiger charge is 2.33. The lowest BCUT2D eigenvalue weighted by Crippen LogP contribution is -2.41. The fraction of sp³-hybridized carbons (Fsp3) is 1.00. The predicted octanol–water partition coefficient (Wildman–Crippen LogP) is 1.86. The normalized spacial score (nSPS) is 34.9. The molecule has 0 saturated carbocycles. The van der Waals surface area contributed by atoms with Crippen molar-refractivity contribution in [3.05, 3.63) is 0 Å². The largest absolute Gasteiger partial charge is 0.316 e. The van der Waals surface area contributed by atoms with Gasteiger partial charge < -0.3 is 10.2 Å². The summed E-state index contributed by atoms with van der Waals surface area (Å²) in [6.07, 6.45) is 7.03. The molecule has 2 heteroatoms. The molecule has 2 saturated heterocycles. The maximum Gasteiger partial charge on any atom is 0.00505 e. The standard InChI is InChI=1S/C12H24N2/c1-2-12(6-7-13-10-12)11-14-8-4-3-5-9-14/h13H,2-11H2,1H3. The quantitative estimate of drug-likeness (QED) is 0.741. The Kier molecular flexibility index (Phi) is 3.45. The average molecular weight is 196 g/mol. The van der Waals surface area contributed by atoms with Gasteiger partial charge in [-0.05, 0) is 50.7 Å². The van der Waals surface area contributed by atoms with Gasteiger partial charge in [0.15, 0.2) is 0 Å². The van der Waals surface area contributed by atoms with E-state index in [4.69, 9.17) is 0 Å². The molecule has 1 atom stereocenters. The van der Waals surface area contributed by atoms with Gasteiger partial charge in [-0.2, -0.15) is 0 Å². The van der Waals surface area contributed by atoms with E-state index in [-0.39, 0.29) is 0 Å². The minimum Gasteiger partial charge on any atom is -0.316 e. The molecule has 14 heavy (non-hydrogen) atoms. The molecule has 2 heterocycles.